The molecule has 3 heteroatoms. The lowest BCUT2D eigenvalue weighted by atomic mass is 10.1. The lowest BCUT2D eigenvalue weighted by Gasteiger charge is -2.01. The van der Waals surface area contributed by atoms with Gasteiger partial charge in [-0.25, -0.2) is 0 Å². The zero-order chi connectivity index (χ0) is 12.1. The summed E-state index contributed by atoms with van der Waals surface area (Å²) in [6.07, 6.45) is 6.26. The smallest absolute Gasteiger partial charge is 0.164 e. The Morgan fingerprint density at radius 2 is 2.18 bits per heavy atom. The molecule has 86 valence electrons. The molecule has 0 bridgehead atoms. The number of rotatable bonds is 4. The van der Waals surface area contributed by atoms with Crippen LogP contribution in [0.3, 0.4) is 0 Å². The van der Waals surface area contributed by atoms with Gasteiger partial charge >= 0.3 is 0 Å². The third kappa shape index (κ3) is 3.21. The van der Waals surface area contributed by atoms with E-state index in [9.17, 15) is 4.79 Å². The van der Waals surface area contributed by atoms with Crippen molar-refractivity contribution in [1.82, 2.24) is 9.97 Å². The number of carbonyl (C=O) groups excluding carboxylic acids is 1. The van der Waals surface area contributed by atoms with E-state index in [4.69, 9.17) is 0 Å². The third-order valence-electron chi connectivity index (χ3n) is 2.53. The summed E-state index contributed by atoms with van der Waals surface area (Å²) in [5, 5.41) is 0. The number of pyridine rings is 2. The van der Waals surface area contributed by atoms with E-state index >= 15 is 0 Å². The van der Waals surface area contributed by atoms with Crippen LogP contribution in [0.4, 0.5) is 0 Å². The number of ketones is 1. The Labute approximate surface area is 101 Å². The van der Waals surface area contributed by atoms with Crippen LogP contribution in [-0.4, -0.2) is 15.8 Å². The summed E-state index contributed by atoms with van der Waals surface area (Å²) >= 11 is 0. The molecule has 0 aliphatic heterocycles. The van der Waals surface area contributed by atoms with E-state index in [1.165, 1.54) is 0 Å². The van der Waals surface area contributed by atoms with Crippen LogP contribution in [0.2, 0.25) is 0 Å². The first kappa shape index (κ1) is 11.5. The quantitative estimate of drug-likeness (QED) is 0.752. The molecular formula is C14H14N2O. The lowest BCUT2D eigenvalue weighted by molar-refractivity contribution is 0.0982. The highest BCUT2D eigenvalue weighted by molar-refractivity contribution is 5.95. The average molecular weight is 226 g/mol. The van der Waals surface area contributed by atoms with Gasteiger partial charge in [0.05, 0.1) is 0 Å². The van der Waals surface area contributed by atoms with Gasteiger partial charge in [0.2, 0.25) is 0 Å². The van der Waals surface area contributed by atoms with Gasteiger partial charge in [0, 0.05) is 36.3 Å². The van der Waals surface area contributed by atoms with Gasteiger partial charge in [-0.1, -0.05) is 6.07 Å². The second-order valence-corrected chi connectivity index (χ2v) is 4.00. The zero-order valence-corrected chi connectivity index (χ0v) is 9.76. The molecule has 2 heterocycles. The predicted octanol–water partition coefficient (Wildman–Crippen LogP) is 2.60. The summed E-state index contributed by atoms with van der Waals surface area (Å²) in [4.78, 5) is 20.1. The Morgan fingerprint density at radius 1 is 1.29 bits per heavy atom. The Bertz CT molecular complexity index is 509. The van der Waals surface area contributed by atoms with Crippen LogP contribution < -0.4 is 0 Å². The molecule has 0 fully saturated rings. The van der Waals surface area contributed by atoms with Crippen molar-refractivity contribution in [3.05, 3.63) is 59.7 Å². The number of aromatic nitrogens is 2. The van der Waals surface area contributed by atoms with Crippen molar-refractivity contribution < 1.29 is 4.79 Å². The van der Waals surface area contributed by atoms with E-state index < -0.39 is 0 Å². The molecule has 2 rings (SSSR count). The molecule has 0 N–H and O–H groups in total. The molecule has 0 atom stereocenters. The summed E-state index contributed by atoms with van der Waals surface area (Å²) < 4.78 is 0. The van der Waals surface area contributed by atoms with E-state index in [2.05, 4.69) is 9.97 Å². The Hall–Kier alpha value is -2.03. The van der Waals surface area contributed by atoms with Crippen molar-refractivity contribution in [3.63, 3.8) is 0 Å². The first-order valence-electron chi connectivity index (χ1n) is 5.60. The standard InChI is InChI=1S/C14H14N2O/c1-11-8-12(10-15-9-11)14(17)6-5-13-4-2-3-7-16-13/h2-4,7-10H,5-6H2,1H3. The van der Waals surface area contributed by atoms with Crippen molar-refractivity contribution in [2.24, 2.45) is 0 Å². The second-order valence-electron chi connectivity index (χ2n) is 4.00. The zero-order valence-electron chi connectivity index (χ0n) is 9.76. The van der Waals surface area contributed by atoms with E-state index in [-0.39, 0.29) is 5.78 Å². The third-order valence-corrected chi connectivity index (χ3v) is 2.53. The predicted molar refractivity (Wildman–Crippen MR) is 65.9 cm³/mol. The van der Waals surface area contributed by atoms with Gasteiger partial charge in [0.1, 0.15) is 0 Å². The molecule has 0 saturated heterocycles. The number of carbonyl (C=O) groups is 1. The Kier molecular flexibility index (Phi) is 3.60. The topological polar surface area (TPSA) is 42.9 Å². The highest BCUT2D eigenvalue weighted by Gasteiger charge is 2.06. The fourth-order valence-electron chi connectivity index (χ4n) is 1.64. The number of Topliss-reactive ketones (excluding diaryl/α,β-unsaturated/α-hetero) is 1. The molecule has 0 aliphatic carbocycles. The fourth-order valence-corrected chi connectivity index (χ4v) is 1.64. The average Bonchev–Trinajstić information content (AvgIpc) is 2.37. The van der Waals surface area contributed by atoms with Crippen molar-refractivity contribution in [1.29, 1.82) is 0 Å². The van der Waals surface area contributed by atoms with Crippen molar-refractivity contribution >= 4 is 5.78 Å². The minimum absolute atomic E-state index is 0.117. The SMILES string of the molecule is Cc1cncc(C(=O)CCc2ccccn2)c1. The molecule has 0 unspecified atom stereocenters. The molecule has 0 spiro atoms. The minimum atomic E-state index is 0.117. The molecule has 0 amide bonds. The van der Waals surface area contributed by atoms with Crippen LogP contribution in [0.15, 0.2) is 42.9 Å². The maximum atomic E-state index is 11.9. The van der Waals surface area contributed by atoms with Gasteiger partial charge < -0.3 is 0 Å². The second kappa shape index (κ2) is 5.34. The number of nitrogens with zero attached hydrogens (tertiary/aromatic N) is 2. The van der Waals surface area contributed by atoms with Crippen LogP contribution in [0.1, 0.15) is 28.0 Å². The van der Waals surface area contributed by atoms with Crippen LogP contribution in [-0.2, 0) is 6.42 Å². The van der Waals surface area contributed by atoms with Gasteiger partial charge in [-0.15, -0.1) is 0 Å². The van der Waals surface area contributed by atoms with E-state index in [1.807, 2.05) is 31.2 Å². The van der Waals surface area contributed by atoms with Crippen LogP contribution in [0.25, 0.3) is 0 Å². The normalized spacial score (nSPS) is 10.2. The monoisotopic (exact) mass is 226 g/mol. The first-order valence-corrected chi connectivity index (χ1v) is 5.60. The van der Waals surface area contributed by atoms with Crippen LogP contribution in [0.5, 0.6) is 0 Å². The maximum absolute atomic E-state index is 11.9. The molecule has 0 aromatic carbocycles. The Balaban J connectivity index is 1.98. The molecule has 2 aromatic rings. The molecule has 0 saturated carbocycles. The van der Waals surface area contributed by atoms with Crippen LogP contribution >= 0.6 is 0 Å². The van der Waals surface area contributed by atoms with Gasteiger partial charge in [-0.2, -0.15) is 0 Å². The van der Waals surface area contributed by atoms with Crippen molar-refractivity contribution in [2.75, 3.05) is 0 Å². The molecular weight excluding hydrogens is 212 g/mol. The number of aryl methyl sites for hydroxylation is 2. The van der Waals surface area contributed by atoms with Crippen molar-refractivity contribution in [2.45, 2.75) is 19.8 Å². The minimum Gasteiger partial charge on any atom is -0.294 e. The Morgan fingerprint density at radius 3 is 2.88 bits per heavy atom. The number of hydrogen-bond donors (Lipinski definition) is 0. The summed E-state index contributed by atoms with van der Waals surface area (Å²) in [6, 6.07) is 7.60. The first-order chi connectivity index (χ1) is 8.25. The van der Waals surface area contributed by atoms with Crippen molar-refractivity contribution in [3.8, 4) is 0 Å². The molecule has 17 heavy (non-hydrogen) atoms. The van der Waals surface area contributed by atoms with E-state index in [0.29, 0.717) is 18.4 Å². The highest BCUT2D eigenvalue weighted by atomic mass is 16.1. The molecule has 3 nitrogen and oxygen atoms in total. The van der Waals surface area contributed by atoms with E-state index in [1.54, 1.807) is 18.6 Å². The fraction of sp³-hybridized carbons (Fsp3) is 0.214. The molecule has 2 aromatic heterocycles. The van der Waals surface area contributed by atoms with Gasteiger partial charge in [0.25, 0.3) is 0 Å². The summed E-state index contributed by atoms with van der Waals surface area (Å²) in [7, 11) is 0. The molecule has 0 radical (unpaired) electrons. The van der Waals surface area contributed by atoms with Gasteiger partial charge in [-0.3, -0.25) is 14.8 Å². The van der Waals surface area contributed by atoms with Crippen LogP contribution in [0, 0.1) is 6.92 Å². The summed E-state index contributed by atoms with van der Waals surface area (Å²) in [5.74, 6) is 0.117. The number of hydrogen-bond acceptors (Lipinski definition) is 3. The summed E-state index contributed by atoms with van der Waals surface area (Å²) in [5.41, 5.74) is 2.64. The largest absolute Gasteiger partial charge is 0.294 e. The molecule has 0 aliphatic rings. The van der Waals surface area contributed by atoms with Gasteiger partial charge in [0.15, 0.2) is 5.78 Å². The summed E-state index contributed by atoms with van der Waals surface area (Å²) in [6.45, 7) is 1.93. The lowest BCUT2D eigenvalue weighted by Crippen LogP contribution is -2.03. The van der Waals surface area contributed by atoms with Gasteiger partial charge in [-0.05, 0) is 37.1 Å². The van der Waals surface area contributed by atoms with E-state index in [0.717, 1.165) is 11.3 Å². The maximum Gasteiger partial charge on any atom is 0.164 e. The highest BCUT2D eigenvalue weighted by Crippen LogP contribution is 2.07.